The van der Waals surface area contributed by atoms with Gasteiger partial charge in [0.25, 0.3) is 5.91 Å². The van der Waals surface area contributed by atoms with Gasteiger partial charge in [0.1, 0.15) is 12.1 Å². The average Bonchev–Trinajstić information content (AvgIpc) is 3.10. The van der Waals surface area contributed by atoms with E-state index in [-0.39, 0.29) is 12.0 Å². The van der Waals surface area contributed by atoms with Crippen molar-refractivity contribution in [2.24, 2.45) is 0 Å². The van der Waals surface area contributed by atoms with Gasteiger partial charge in [-0.05, 0) is 72.8 Å². The summed E-state index contributed by atoms with van der Waals surface area (Å²) in [6.45, 7) is 3.92. The zero-order valence-corrected chi connectivity index (χ0v) is 13.4. The highest BCUT2D eigenvalue weighted by Gasteiger charge is 2.07. The minimum atomic E-state index is -0.179. The molecule has 2 aromatic carbocycles. The summed E-state index contributed by atoms with van der Waals surface area (Å²) in [7, 11) is 0. The fraction of sp³-hybridized carbons (Fsp3) is 0.176. The van der Waals surface area contributed by atoms with Crippen LogP contribution in [0.15, 0.2) is 54.9 Å². The molecule has 0 saturated carbocycles. The van der Waals surface area contributed by atoms with Crippen LogP contribution in [0, 0.1) is 0 Å². The van der Waals surface area contributed by atoms with E-state index in [0.29, 0.717) is 11.3 Å². The molecule has 1 amide bonds. The molecule has 0 unspecified atom stereocenters. The largest absolute Gasteiger partial charge is 0.491 e. The molecule has 0 aliphatic rings. The summed E-state index contributed by atoms with van der Waals surface area (Å²) in [4.78, 5) is 12.3. The molecule has 0 aliphatic carbocycles. The number of amides is 1. The molecular weight excluding hydrogens is 306 g/mol. The van der Waals surface area contributed by atoms with Crippen LogP contribution in [0.4, 0.5) is 5.69 Å². The molecule has 1 aromatic heterocycles. The maximum absolute atomic E-state index is 12.3. The van der Waals surface area contributed by atoms with Crippen molar-refractivity contribution in [2.75, 3.05) is 5.32 Å². The fourth-order valence-corrected chi connectivity index (χ4v) is 2.14. The van der Waals surface area contributed by atoms with E-state index in [1.807, 2.05) is 26.0 Å². The first kappa shape index (κ1) is 15.7. The monoisotopic (exact) mass is 323 g/mol. The summed E-state index contributed by atoms with van der Waals surface area (Å²) in [5.41, 5.74) is 2.07. The lowest BCUT2D eigenvalue weighted by molar-refractivity contribution is 0.102. The average molecular weight is 323 g/mol. The van der Waals surface area contributed by atoms with Gasteiger partial charge in [-0.25, -0.2) is 4.68 Å². The number of anilines is 1. The zero-order valence-electron chi connectivity index (χ0n) is 13.4. The van der Waals surface area contributed by atoms with Crippen molar-refractivity contribution in [2.45, 2.75) is 20.0 Å². The molecule has 3 aromatic rings. The Balaban J connectivity index is 1.66. The summed E-state index contributed by atoms with van der Waals surface area (Å²) < 4.78 is 7.11. The molecule has 1 heterocycles. The van der Waals surface area contributed by atoms with Crippen molar-refractivity contribution in [1.82, 2.24) is 20.2 Å². The number of tetrazole rings is 1. The minimum absolute atomic E-state index is 0.100. The SMILES string of the molecule is CC(C)Oc1ccc(C(=O)Nc2ccc(-n3cnnn3)cc2)cc1. The Morgan fingerprint density at radius 1 is 1.08 bits per heavy atom. The Morgan fingerprint density at radius 2 is 1.79 bits per heavy atom. The van der Waals surface area contributed by atoms with Crippen LogP contribution < -0.4 is 10.1 Å². The van der Waals surface area contributed by atoms with Gasteiger partial charge in [-0.15, -0.1) is 5.10 Å². The lowest BCUT2D eigenvalue weighted by atomic mass is 10.2. The minimum Gasteiger partial charge on any atom is -0.491 e. The highest BCUT2D eigenvalue weighted by molar-refractivity contribution is 6.04. The standard InChI is InChI=1S/C17H17N5O2/c1-12(2)24-16-9-3-13(4-10-16)17(23)19-14-5-7-15(8-6-14)22-11-18-20-21-22/h3-12H,1-2H3,(H,19,23). The number of rotatable bonds is 5. The first-order chi connectivity index (χ1) is 11.6. The number of carbonyl (C=O) groups is 1. The van der Waals surface area contributed by atoms with E-state index in [4.69, 9.17) is 4.74 Å². The van der Waals surface area contributed by atoms with Crippen LogP contribution in [0.25, 0.3) is 5.69 Å². The number of nitrogens with one attached hydrogen (secondary N) is 1. The van der Waals surface area contributed by atoms with Gasteiger partial charge in [0.05, 0.1) is 11.8 Å². The molecule has 0 aliphatic heterocycles. The second-order valence-corrected chi connectivity index (χ2v) is 5.45. The molecule has 3 rings (SSSR count). The summed E-state index contributed by atoms with van der Waals surface area (Å²) >= 11 is 0. The van der Waals surface area contributed by atoms with Gasteiger partial charge in [0.15, 0.2) is 0 Å². The third-order valence-electron chi connectivity index (χ3n) is 3.23. The molecule has 24 heavy (non-hydrogen) atoms. The van der Waals surface area contributed by atoms with Gasteiger partial charge < -0.3 is 10.1 Å². The third kappa shape index (κ3) is 3.75. The molecule has 7 nitrogen and oxygen atoms in total. The molecule has 0 radical (unpaired) electrons. The molecule has 0 spiro atoms. The molecule has 1 N–H and O–H groups in total. The van der Waals surface area contributed by atoms with E-state index >= 15 is 0 Å². The summed E-state index contributed by atoms with van der Waals surface area (Å²) in [5, 5.41) is 13.8. The number of ether oxygens (including phenoxy) is 1. The molecule has 0 fully saturated rings. The van der Waals surface area contributed by atoms with E-state index in [0.717, 1.165) is 11.4 Å². The first-order valence-corrected chi connectivity index (χ1v) is 7.53. The highest BCUT2D eigenvalue weighted by atomic mass is 16.5. The summed E-state index contributed by atoms with van der Waals surface area (Å²) in [6, 6.07) is 14.3. The van der Waals surface area contributed by atoms with Crippen LogP contribution >= 0.6 is 0 Å². The molecule has 0 atom stereocenters. The van der Waals surface area contributed by atoms with Crippen molar-refractivity contribution in [1.29, 1.82) is 0 Å². The molecule has 0 bridgehead atoms. The number of aromatic nitrogens is 4. The number of hydrogen-bond donors (Lipinski definition) is 1. The van der Waals surface area contributed by atoms with Crippen molar-refractivity contribution in [3.05, 3.63) is 60.4 Å². The number of carbonyl (C=O) groups excluding carboxylic acids is 1. The van der Waals surface area contributed by atoms with Gasteiger partial charge >= 0.3 is 0 Å². The van der Waals surface area contributed by atoms with Crippen molar-refractivity contribution < 1.29 is 9.53 Å². The summed E-state index contributed by atoms with van der Waals surface area (Å²) in [5.74, 6) is 0.564. The predicted molar refractivity (Wildman–Crippen MR) is 89.3 cm³/mol. The van der Waals surface area contributed by atoms with Gasteiger partial charge in [-0.3, -0.25) is 4.79 Å². The van der Waals surface area contributed by atoms with E-state index in [2.05, 4.69) is 20.8 Å². The van der Waals surface area contributed by atoms with Crippen molar-refractivity contribution in [3.63, 3.8) is 0 Å². The van der Waals surface area contributed by atoms with Crippen LogP contribution in [0.5, 0.6) is 5.75 Å². The van der Waals surface area contributed by atoms with E-state index in [1.165, 1.54) is 6.33 Å². The topological polar surface area (TPSA) is 81.9 Å². The Kier molecular flexibility index (Phi) is 4.51. The maximum atomic E-state index is 12.3. The van der Waals surface area contributed by atoms with Crippen LogP contribution in [0.2, 0.25) is 0 Å². The quantitative estimate of drug-likeness (QED) is 0.780. The fourth-order valence-electron chi connectivity index (χ4n) is 2.14. The van der Waals surface area contributed by atoms with Crippen LogP contribution in [-0.4, -0.2) is 32.2 Å². The van der Waals surface area contributed by atoms with E-state index < -0.39 is 0 Å². The van der Waals surface area contributed by atoms with E-state index in [1.54, 1.807) is 41.1 Å². The predicted octanol–water partition coefficient (Wildman–Crippen LogP) is 2.70. The molecule has 0 saturated heterocycles. The highest BCUT2D eigenvalue weighted by Crippen LogP contribution is 2.16. The molecular formula is C17H17N5O2. The van der Waals surface area contributed by atoms with E-state index in [9.17, 15) is 4.79 Å². The van der Waals surface area contributed by atoms with Crippen LogP contribution in [0.3, 0.4) is 0 Å². The van der Waals surface area contributed by atoms with Gasteiger partial charge in [0.2, 0.25) is 0 Å². The van der Waals surface area contributed by atoms with Gasteiger partial charge in [0, 0.05) is 11.3 Å². The second kappa shape index (κ2) is 6.91. The van der Waals surface area contributed by atoms with Gasteiger partial charge in [-0.2, -0.15) is 0 Å². The Bertz CT molecular complexity index is 796. The number of benzene rings is 2. The number of hydrogen-bond acceptors (Lipinski definition) is 5. The van der Waals surface area contributed by atoms with Crippen molar-refractivity contribution >= 4 is 11.6 Å². The zero-order chi connectivity index (χ0) is 16.9. The van der Waals surface area contributed by atoms with Gasteiger partial charge in [-0.1, -0.05) is 0 Å². The first-order valence-electron chi connectivity index (χ1n) is 7.53. The lowest BCUT2D eigenvalue weighted by Crippen LogP contribution is -2.12. The molecule has 7 heteroatoms. The Hall–Kier alpha value is -3.22. The molecule has 122 valence electrons. The Labute approximate surface area is 139 Å². The summed E-state index contributed by atoms with van der Waals surface area (Å²) in [6.07, 6.45) is 1.61. The maximum Gasteiger partial charge on any atom is 0.255 e. The normalized spacial score (nSPS) is 10.6. The smallest absolute Gasteiger partial charge is 0.255 e. The Morgan fingerprint density at radius 3 is 2.38 bits per heavy atom. The third-order valence-corrected chi connectivity index (χ3v) is 3.23. The second-order valence-electron chi connectivity index (χ2n) is 5.45. The van der Waals surface area contributed by atoms with Crippen LogP contribution in [0.1, 0.15) is 24.2 Å². The lowest BCUT2D eigenvalue weighted by Gasteiger charge is -2.10. The van der Waals surface area contributed by atoms with Crippen molar-refractivity contribution in [3.8, 4) is 11.4 Å². The number of nitrogens with zero attached hydrogens (tertiary/aromatic N) is 4. The van der Waals surface area contributed by atoms with Crippen LogP contribution in [-0.2, 0) is 0 Å².